The summed E-state index contributed by atoms with van der Waals surface area (Å²) >= 11 is 0. The number of halogens is 3. The Morgan fingerprint density at radius 3 is 2.64 bits per heavy atom. The van der Waals surface area contributed by atoms with Crippen molar-refractivity contribution >= 4 is 17.0 Å². The zero-order valence-electron chi connectivity index (χ0n) is 22.1. The van der Waals surface area contributed by atoms with E-state index in [0.29, 0.717) is 30.2 Å². The van der Waals surface area contributed by atoms with Crippen LogP contribution in [0, 0.1) is 10.1 Å². The number of rotatable bonds is 9. The first-order chi connectivity index (χ1) is 18.4. The molecule has 3 aromatic rings. The monoisotopic (exact) mass is 546 g/mol. The van der Waals surface area contributed by atoms with Crippen molar-refractivity contribution in [3.63, 3.8) is 0 Å². The lowest BCUT2D eigenvalue weighted by Gasteiger charge is -2.36. The molecule has 3 aromatic heterocycles. The number of anilines is 1. The van der Waals surface area contributed by atoms with Gasteiger partial charge in [-0.25, -0.2) is 15.0 Å². The molecular formula is C25H29F3N8O3. The number of fused-ring (bicyclic) bond motifs is 1. The fourth-order valence-corrected chi connectivity index (χ4v) is 4.55. The minimum absolute atomic E-state index is 0.146. The van der Waals surface area contributed by atoms with Gasteiger partial charge in [0.1, 0.15) is 22.5 Å². The number of hydrogen-bond donors (Lipinski definition) is 2. The number of hydrogen-bond acceptors (Lipinski definition) is 9. The zero-order chi connectivity index (χ0) is 28.5. The van der Waals surface area contributed by atoms with E-state index >= 15 is 0 Å². The van der Waals surface area contributed by atoms with Gasteiger partial charge in [0, 0.05) is 47.6 Å². The summed E-state index contributed by atoms with van der Waals surface area (Å²) in [7, 11) is 8.54. The van der Waals surface area contributed by atoms with Gasteiger partial charge in [-0.1, -0.05) is 0 Å². The topological polar surface area (TPSA) is 123 Å². The second-order valence-electron chi connectivity index (χ2n) is 9.51. The van der Waals surface area contributed by atoms with Crippen molar-refractivity contribution in [3.8, 4) is 11.3 Å². The van der Waals surface area contributed by atoms with Crippen LogP contribution in [0.2, 0.25) is 0 Å². The Labute approximate surface area is 222 Å². The van der Waals surface area contributed by atoms with Crippen molar-refractivity contribution in [2.75, 3.05) is 40.1 Å². The van der Waals surface area contributed by atoms with Crippen LogP contribution in [-0.2, 0) is 18.0 Å². The van der Waals surface area contributed by atoms with E-state index in [1.54, 1.807) is 43.1 Å². The van der Waals surface area contributed by atoms with Crippen LogP contribution in [0.1, 0.15) is 12.0 Å². The maximum atomic E-state index is 13.9. The maximum Gasteiger partial charge on any atom is 0.419 e. The van der Waals surface area contributed by atoms with E-state index in [1.165, 1.54) is 19.4 Å². The zero-order valence-corrected chi connectivity index (χ0v) is 22.1. The van der Waals surface area contributed by atoms with Gasteiger partial charge in [0.25, 0.3) is 6.04 Å². The van der Waals surface area contributed by atoms with Crippen LogP contribution in [0.4, 0.5) is 19.1 Å². The molecule has 1 aliphatic rings. The summed E-state index contributed by atoms with van der Waals surface area (Å²) in [6, 6.07) is 2.10. The third kappa shape index (κ3) is 5.56. The third-order valence-corrected chi connectivity index (χ3v) is 6.71. The molecule has 39 heavy (non-hydrogen) atoms. The average Bonchev–Trinajstić information content (AvgIpc) is 3.26. The summed E-state index contributed by atoms with van der Waals surface area (Å²) in [5.41, 5.74) is -1.56. The molecule has 0 saturated carbocycles. The van der Waals surface area contributed by atoms with E-state index in [-0.39, 0.29) is 28.7 Å². The number of pyridine rings is 1. The summed E-state index contributed by atoms with van der Waals surface area (Å²) in [4.78, 5) is 25.9. The summed E-state index contributed by atoms with van der Waals surface area (Å²) in [5.74, 6) is 0.0753. The highest BCUT2D eigenvalue weighted by molar-refractivity contribution is 5.82. The Morgan fingerprint density at radius 1 is 1.28 bits per heavy atom. The van der Waals surface area contributed by atoms with Gasteiger partial charge in [0.15, 0.2) is 0 Å². The first-order valence-corrected chi connectivity index (χ1v) is 12.0. The van der Waals surface area contributed by atoms with Crippen molar-refractivity contribution in [2.24, 2.45) is 7.05 Å². The van der Waals surface area contributed by atoms with Gasteiger partial charge in [-0.15, -0.1) is 0 Å². The highest BCUT2D eigenvalue weighted by Crippen LogP contribution is 2.37. The molecule has 208 valence electrons. The highest BCUT2D eigenvalue weighted by Gasteiger charge is 2.47. The molecule has 2 atom stereocenters. The first-order valence-electron chi connectivity index (χ1n) is 12.0. The van der Waals surface area contributed by atoms with Crippen molar-refractivity contribution in [2.45, 2.75) is 24.2 Å². The molecule has 2 unspecified atom stereocenters. The first kappa shape index (κ1) is 28.0. The molecule has 0 aliphatic heterocycles. The van der Waals surface area contributed by atoms with Crippen LogP contribution in [-0.4, -0.2) is 75.7 Å². The van der Waals surface area contributed by atoms with E-state index < -0.39 is 28.2 Å². The normalized spacial score (nSPS) is 19.7. The molecule has 14 heteroatoms. The van der Waals surface area contributed by atoms with Gasteiger partial charge in [0.2, 0.25) is 5.95 Å². The predicted molar refractivity (Wildman–Crippen MR) is 139 cm³/mol. The van der Waals surface area contributed by atoms with Crippen molar-refractivity contribution in [1.29, 1.82) is 0 Å². The van der Waals surface area contributed by atoms with E-state index in [0.717, 1.165) is 0 Å². The Balaban J connectivity index is 1.76. The molecule has 0 saturated heterocycles. The number of methoxy groups -OCH3 is 1. The van der Waals surface area contributed by atoms with Gasteiger partial charge in [-0.3, -0.25) is 10.1 Å². The Hall–Kier alpha value is -4.04. The van der Waals surface area contributed by atoms with Crippen LogP contribution >= 0.6 is 0 Å². The van der Waals surface area contributed by atoms with Gasteiger partial charge >= 0.3 is 6.18 Å². The number of aromatic nitrogens is 4. The van der Waals surface area contributed by atoms with Crippen LogP contribution in [0.15, 0.2) is 54.3 Å². The Morgan fingerprint density at radius 2 is 2.03 bits per heavy atom. The van der Waals surface area contributed by atoms with Gasteiger partial charge in [-0.2, -0.15) is 13.2 Å². The molecular weight excluding hydrogens is 517 g/mol. The van der Waals surface area contributed by atoms with E-state index in [9.17, 15) is 23.3 Å². The maximum absolute atomic E-state index is 13.9. The largest absolute Gasteiger partial charge is 0.495 e. The molecule has 0 aromatic carbocycles. The van der Waals surface area contributed by atoms with E-state index in [2.05, 4.69) is 25.6 Å². The molecule has 11 nitrogen and oxygen atoms in total. The minimum atomic E-state index is -4.73. The number of ether oxygens (including phenoxy) is 1. The number of nitro groups is 1. The molecule has 2 N–H and O–H groups in total. The van der Waals surface area contributed by atoms with E-state index in [4.69, 9.17) is 4.74 Å². The molecule has 0 amide bonds. The van der Waals surface area contributed by atoms with Crippen molar-refractivity contribution in [1.82, 2.24) is 29.7 Å². The third-order valence-electron chi connectivity index (χ3n) is 6.71. The Kier molecular flexibility index (Phi) is 7.61. The summed E-state index contributed by atoms with van der Waals surface area (Å²) in [6.07, 6.45) is 2.40. The predicted octanol–water partition coefficient (Wildman–Crippen LogP) is 3.44. The molecule has 0 radical (unpaired) electrons. The standard InChI is InChI=1S/C25H29F3N8O3/c1-29-24(7-9-34(2)3)12-19(39-5)18(11-20(24)36(37)38)32-23-31-14-17(25(26,27)28)21(33-23)16-10-15-6-8-35(4)22(15)30-13-16/h6,8,10-14,20,29H,7,9H2,1-5H3,(H,31,32,33). The quantitative estimate of drug-likeness (QED) is 0.307. The van der Waals surface area contributed by atoms with Crippen molar-refractivity contribution < 1.29 is 22.8 Å². The summed E-state index contributed by atoms with van der Waals surface area (Å²) < 4.78 is 49.0. The van der Waals surface area contributed by atoms with Crippen LogP contribution in [0.25, 0.3) is 22.3 Å². The van der Waals surface area contributed by atoms with Gasteiger partial charge in [-0.05, 0) is 52.3 Å². The summed E-state index contributed by atoms with van der Waals surface area (Å²) in [6.45, 7) is 0.556. The van der Waals surface area contributed by atoms with Crippen LogP contribution < -0.4 is 10.6 Å². The fourth-order valence-electron chi connectivity index (χ4n) is 4.55. The van der Waals surface area contributed by atoms with Gasteiger partial charge < -0.3 is 24.8 Å². The molecule has 1 aliphatic carbocycles. The number of nitrogens with zero attached hydrogens (tertiary/aromatic N) is 6. The van der Waals surface area contributed by atoms with Crippen LogP contribution in [0.5, 0.6) is 0 Å². The Bertz CT molecular complexity index is 1450. The number of alkyl halides is 3. The van der Waals surface area contributed by atoms with E-state index in [1.807, 2.05) is 19.0 Å². The summed E-state index contributed by atoms with van der Waals surface area (Å²) in [5, 5.41) is 18.7. The number of nitrogens with one attached hydrogen (secondary N) is 2. The van der Waals surface area contributed by atoms with Crippen molar-refractivity contribution in [3.05, 3.63) is 70.0 Å². The van der Waals surface area contributed by atoms with Crippen LogP contribution in [0.3, 0.4) is 0 Å². The lowest BCUT2D eigenvalue weighted by Crippen LogP contribution is -2.57. The second kappa shape index (κ2) is 10.6. The second-order valence-corrected chi connectivity index (χ2v) is 9.51. The number of likely N-dealkylation sites (N-methyl/N-ethyl adjacent to an activating group) is 1. The molecule has 4 rings (SSSR count). The lowest BCUT2D eigenvalue weighted by atomic mass is 9.82. The fraction of sp³-hybridized carbons (Fsp3) is 0.400. The molecule has 0 fully saturated rings. The highest BCUT2D eigenvalue weighted by atomic mass is 19.4. The number of aryl methyl sites for hydroxylation is 1. The molecule has 0 bridgehead atoms. The lowest BCUT2D eigenvalue weighted by molar-refractivity contribution is -0.519. The SMILES string of the molecule is CNC1(CCN(C)C)C=C(OC)C(Nc2ncc(C(F)(F)F)c(-c3cnc4c(ccn4C)c3)n2)=CC1[N+](=O)[O-]. The van der Waals surface area contributed by atoms with Gasteiger partial charge in [0.05, 0.1) is 18.5 Å². The smallest absolute Gasteiger partial charge is 0.419 e. The molecule has 3 heterocycles. The minimum Gasteiger partial charge on any atom is -0.495 e. The average molecular weight is 547 g/mol. The molecule has 0 spiro atoms.